The third-order valence-electron chi connectivity index (χ3n) is 7.91. The molecule has 0 aliphatic heterocycles. The molecule has 2 heterocycles. The summed E-state index contributed by atoms with van der Waals surface area (Å²) >= 11 is 0. The smallest absolute Gasteiger partial charge is 0.160 e. The van der Waals surface area contributed by atoms with Crippen molar-refractivity contribution in [3.8, 4) is 44.9 Å². The van der Waals surface area contributed by atoms with Crippen LogP contribution in [0.1, 0.15) is 0 Å². The Balaban J connectivity index is 1.15. The first kappa shape index (κ1) is 24.2. The van der Waals surface area contributed by atoms with Gasteiger partial charge in [-0.1, -0.05) is 127 Å². The summed E-state index contributed by atoms with van der Waals surface area (Å²) < 4.78 is 0. The Morgan fingerprint density at radius 1 is 0.357 bits per heavy atom. The number of nitrogens with zero attached hydrogens (tertiary/aromatic N) is 3. The van der Waals surface area contributed by atoms with E-state index in [9.17, 15) is 0 Å². The van der Waals surface area contributed by atoms with Crippen molar-refractivity contribution in [3.05, 3.63) is 152 Å². The van der Waals surface area contributed by atoms with E-state index in [0.29, 0.717) is 0 Å². The molecule has 0 aliphatic rings. The molecule has 8 aromatic rings. The molecule has 0 N–H and O–H groups in total. The fourth-order valence-electron chi connectivity index (χ4n) is 5.75. The van der Waals surface area contributed by atoms with Gasteiger partial charge >= 0.3 is 0 Å². The summed E-state index contributed by atoms with van der Waals surface area (Å²) in [6.07, 6.45) is 1.96. The summed E-state index contributed by atoms with van der Waals surface area (Å²) in [4.78, 5) is 14.7. The maximum absolute atomic E-state index is 5.06. The molecule has 0 bridgehead atoms. The van der Waals surface area contributed by atoms with Crippen LogP contribution >= 0.6 is 0 Å². The molecule has 0 saturated heterocycles. The van der Waals surface area contributed by atoms with Gasteiger partial charge in [-0.05, 0) is 45.8 Å². The molecule has 2 aromatic heterocycles. The third kappa shape index (κ3) is 4.29. The van der Waals surface area contributed by atoms with Crippen LogP contribution in [0.25, 0.3) is 77.5 Å². The maximum atomic E-state index is 5.06. The van der Waals surface area contributed by atoms with E-state index in [0.717, 1.165) is 66.7 Å². The lowest BCUT2D eigenvalue weighted by atomic mass is 9.97. The lowest BCUT2D eigenvalue weighted by Gasteiger charge is -2.11. The van der Waals surface area contributed by atoms with Crippen molar-refractivity contribution in [1.82, 2.24) is 15.0 Å². The van der Waals surface area contributed by atoms with Gasteiger partial charge in [-0.2, -0.15) is 0 Å². The van der Waals surface area contributed by atoms with Gasteiger partial charge in [0, 0.05) is 33.5 Å². The van der Waals surface area contributed by atoms with Gasteiger partial charge in [-0.25, -0.2) is 9.97 Å². The summed E-state index contributed by atoms with van der Waals surface area (Å²) in [7, 11) is 0. The normalized spacial score (nSPS) is 11.3. The van der Waals surface area contributed by atoms with E-state index < -0.39 is 0 Å². The third-order valence-corrected chi connectivity index (χ3v) is 7.91. The first-order valence-corrected chi connectivity index (χ1v) is 14.1. The highest BCUT2D eigenvalue weighted by Crippen LogP contribution is 2.33. The highest BCUT2D eigenvalue weighted by Gasteiger charge is 2.12. The molecule has 3 heteroatoms. The molecule has 196 valence electrons. The van der Waals surface area contributed by atoms with Crippen molar-refractivity contribution in [2.45, 2.75) is 0 Å². The molecule has 0 radical (unpaired) electrons. The standard InChI is InChI=1S/C39H25N3/c1-2-9-28(10-3-1)38-35-15-6-7-16-36(35)41-39(42-38)31-13-8-12-29(23-31)26-17-19-27(20-18-26)30-21-22-34-33-14-5-4-11-32(33)25-40-37(34)24-30/h1-25H. The molecule has 42 heavy (non-hydrogen) atoms. The molecule has 0 fully saturated rings. The fraction of sp³-hybridized carbons (Fsp3) is 0. The molecule has 0 amide bonds. The van der Waals surface area contributed by atoms with Gasteiger partial charge in [0.1, 0.15) is 0 Å². The molecule has 0 atom stereocenters. The Labute approximate surface area is 243 Å². The van der Waals surface area contributed by atoms with Crippen LogP contribution in [0, 0.1) is 0 Å². The summed E-state index contributed by atoms with van der Waals surface area (Å²) in [6.45, 7) is 0. The number of benzene rings is 6. The Morgan fingerprint density at radius 3 is 1.83 bits per heavy atom. The van der Waals surface area contributed by atoms with Crippen LogP contribution < -0.4 is 0 Å². The maximum Gasteiger partial charge on any atom is 0.160 e. The zero-order valence-electron chi connectivity index (χ0n) is 22.8. The monoisotopic (exact) mass is 535 g/mol. The number of aromatic nitrogens is 3. The summed E-state index contributed by atoms with van der Waals surface area (Å²) in [5.74, 6) is 0.724. The second-order valence-electron chi connectivity index (χ2n) is 10.5. The molecule has 3 nitrogen and oxygen atoms in total. The van der Waals surface area contributed by atoms with E-state index in [2.05, 4.69) is 115 Å². The van der Waals surface area contributed by atoms with E-state index in [4.69, 9.17) is 15.0 Å². The van der Waals surface area contributed by atoms with Crippen LogP contribution in [0.3, 0.4) is 0 Å². The molecule has 0 unspecified atom stereocenters. The van der Waals surface area contributed by atoms with Gasteiger partial charge in [0.25, 0.3) is 0 Å². The summed E-state index contributed by atoms with van der Waals surface area (Å²) in [5.41, 5.74) is 9.57. The number of pyridine rings is 1. The van der Waals surface area contributed by atoms with Crippen LogP contribution in [0.5, 0.6) is 0 Å². The minimum Gasteiger partial charge on any atom is -0.256 e. The van der Waals surface area contributed by atoms with Gasteiger partial charge in [0.15, 0.2) is 5.82 Å². The average molecular weight is 536 g/mol. The van der Waals surface area contributed by atoms with Crippen LogP contribution in [0.15, 0.2) is 152 Å². The average Bonchev–Trinajstić information content (AvgIpc) is 3.08. The van der Waals surface area contributed by atoms with E-state index >= 15 is 0 Å². The molecular weight excluding hydrogens is 510 g/mol. The minimum atomic E-state index is 0.724. The molecule has 0 spiro atoms. The largest absolute Gasteiger partial charge is 0.256 e. The summed E-state index contributed by atoms with van der Waals surface area (Å²) in [6, 6.07) is 50.7. The van der Waals surface area contributed by atoms with Crippen molar-refractivity contribution in [1.29, 1.82) is 0 Å². The molecule has 0 aliphatic carbocycles. The zero-order valence-corrected chi connectivity index (χ0v) is 22.8. The molecule has 8 rings (SSSR count). The van der Waals surface area contributed by atoms with Crippen molar-refractivity contribution in [2.75, 3.05) is 0 Å². The molecule has 0 saturated carbocycles. The van der Waals surface area contributed by atoms with E-state index in [1.54, 1.807) is 0 Å². The van der Waals surface area contributed by atoms with Crippen molar-refractivity contribution < 1.29 is 0 Å². The van der Waals surface area contributed by atoms with Crippen molar-refractivity contribution >= 4 is 32.6 Å². The van der Waals surface area contributed by atoms with Crippen molar-refractivity contribution in [2.24, 2.45) is 0 Å². The second kappa shape index (κ2) is 10.1. The highest BCUT2D eigenvalue weighted by atomic mass is 14.9. The Hall–Kier alpha value is -5.67. The van der Waals surface area contributed by atoms with Gasteiger partial charge in [0.2, 0.25) is 0 Å². The minimum absolute atomic E-state index is 0.724. The van der Waals surface area contributed by atoms with Gasteiger partial charge < -0.3 is 0 Å². The van der Waals surface area contributed by atoms with Crippen LogP contribution in [-0.4, -0.2) is 15.0 Å². The SMILES string of the molecule is c1ccc(-c2nc(-c3cccc(-c4ccc(-c5ccc6c(c5)ncc5ccccc56)cc4)c3)nc3ccccc23)cc1. The topological polar surface area (TPSA) is 38.7 Å². The predicted octanol–water partition coefficient (Wildman–Crippen LogP) is 10.00. The summed E-state index contributed by atoms with van der Waals surface area (Å²) in [5, 5.41) is 4.62. The quantitative estimate of drug-likeness (QED) is 0.211. The molecular formula is C39H25N3. The van der Waals surface area contributed by atoms with Gasteiger partial charge in [-0.3, -0.25) is 4.98 Å². The molecule has 6 aromatic carbocycles. The number of para-hydroxylation sites is 1. The van der Waals surface area contributed by atoms with Crippen LogP contribution in [0.2, 0.25) is 0 Å². The van der Waals surface area contributed by atoms with E-state index in [1.807, 2.05) is 36.5 Å². The first-order valence-electron chi connectivity index (χ1n) is 14.1. The highest BCUT2D eigenvalue weighted by molar-refractivity contribution is 6.06. The lowest BCUT2D eigenvalue weighted by molar-refractivity contribution is 1.23. The van der Waals surface area contributed by atoms with Crippen molar-refractivity contribution in [3.63, 3.8) is 0 Å². The zero-order chi connectivity index (χ0) is 27.9. The first-order chi connectivity index (χ1) is 20.8. The number of hydrogen-bond acceptors (Lipinski definition) is 3. The van der Waals surface area contributed by atoms with Crippen LogP contribution in [-0.2, 0) is 0 Å². The Kier molecular flexibility index (Phi) is 5.79. The Morgan fingerprint density at radius 2 is 1.00 bits per heavy atom. The van der Waals surface area contributed by atoms with E-state index in [-0.39, 0.29) is 0 Å². The Bertz CT molecular complexity index is 2240. The second-order valence-corrected chi connectivity index (χ2v) is 10.5. The number of fused-ring (bicyclic) bond motifs is 4. The lowest BCUT2D eigenvalue weighted by Crippen LogP contribution is -1.95. The van der Waals surface area contributed by atoms with Gasteiger partial charge in [-0.15, -0.1) is 0 Å². The fourth-order valence-corrected chi connectivity index (χ4v) is 5.75. The van der Waals surface area contributed by atoms with Gasteiger partial charge in [0.05, 0.1) is 16.7 Å². The van der Waals surface area contributed by atoms with Crippen LogP contribution in [0.4, 0.5) is 0 Å². The van der Waals surface area contributed by atoms with E-state index in [1.165, 1.54) is 10.8 Å². The number of rotatable bonds is 4. The predicted molar refractivity (Wildman–Crippen MR) is 174 cm³/mol. The number of hydrogen-bond donors (Lipinski definition) is 0.